The number of carbonyl (C=O) groups excluding carboxylic acids is 1. The maximum atomic E-state index is 12.1. The number of oxazole rings is 1. The maximum Gasteiger partial charge on any atom is 0.251 e. The predicted octanol–water partition coefficient (Wildman–Crippen LogP) is 2.99. The second-order valence-electron chi connectivity index (χ2n) is 7.35. The number of benzene rings is 1. The summed E-state index contributed by atoms with van der Waals surface area (Å²) in [5.74, 6) is 1.99. The molecule has 3 N–H and O–H groups in total. The summed E-state index contributed by atoms with van der Waals surface area (Å²) in [5, 5.41) is 9.18. The van der Waals surface area contributed by atoms with Gasteiger partial charge in [0.25, 0.3) is 5.91 Å². The molecule has 0 aliphatic heterocycles. The number of nitrogens with zero attached hydrogens (tertiary/aromatic N) is 2. The molecule has 1 aromatic heterocycles. The van der Waals surface area contributed by atoms with Crippen LogP contribution >= 0.6 is 24.0 Å². The van der Waals surface area contributed by atoms with Crippen molar-refractivity contribution >= 4 is 35.8 Å². The van der Waals surface area contributed by atoms with E-state index < -0.39 is 0 Å². The maximum absolute atomic E-state index is 12.1. The Morgan fingerprint density at radius 2 is 1.89 bits per heavy atom. The number of hydrogen-bond donors (Lipinski definition) is 3. The van der Waals surface area contributed by atoms with Crippen molar-refractivity contribution in [1.29, 1.82) is 0 Å². The summed E-state index contributed by atoms with van der Waals surface area (Å²) in [7, 11) is 1.69. The summed E-state index contributed by atoms with van der Waals surface area (Å²) < 4.78 is 5.75. The zero-order valence-electron chi connectivity index (χ0n) is 17.1. The number of aryl methyl sites for hydroxylation is 1. The number of aliphatic imine (C=N–C) groups is 1. The highest BCUT2D eigenvalue weighted by molar-refractivity contribution is 14.0. The first-order valence-corrected chi connectivity index (χ1v) is 9.04. The summed E-state index contributed by atoms with van der Waals surface area (Å²) >= 11 is 0. The second kappa shape index (κ2) is 11.0. The van der Waals surface area contributed by atoms with Gasteiger partial charge in [-0.1, -0.05) is 38.5 Å². The molecule has 0 saturated carbocycles. The lowest BCUT2D eigenvalue weighted by atomic mass is 9.94. The number of hydrogen-bond acceptors (Lipinski definition) is 4. The third kappa shape index (κ3) is 7.49. The molecule has 0 aliphatic rings. The van der Waals surface area contributed by atoms with Crippen LogP contribution in [0.1, 0.15) is 48.3 Å². The first-order valence-electron chi connectivity index (χ1n) is 9.04. The van der Waals surface area contributed by atoms with Gasteiger partial charge in [0.2, 0.25) is 5.89 Å². The Balaban J connectivity index is 0.00000392. The van der Waals surface area contributed by atoms with Crippen LogP contribution in [0.25, 0.3) is 0 Å². The molecule has 0 saturated heterocycles. The van der Waals surface area contributed by atoms with Crippen molar-refractivity contribution < 1.29 is 9.21 Å². The molecule has 1 heterocycles. The molecule has 7 nitrogen and oxygen atoms in total. The van der Waals surface area contributed by atoms with Crippen molar-refractivity contribution in [2.24, 2.45) is 4.99 Å². The molecule has 1 aromatic carbocycles. The second-order valence-corrected chi connectivity index (χ2v) is 7.35. The molecule has 28 heavy (non-hydrogen) atoms. The molecule has 0 bridgehead atoms. The van der Waals surface area contributed by atoms with Crippen LogP contribution in [0.4, 0.5) is 0 Å². The average molecular weight is 499 g/mol. The van der Waals surface area contributed by atoms with Gasteiger partial charge in [0.05, 0.1) is 12.7 Å². The normalized spacial score (nSPS) is 11.5. The van der Waals surface area contributed by atoms with Crippen LogP contribution in [-0.4, -0.2) is 37.0 Å². The van der Waals surface area contributed by atoms with Gasteiger partial charge in [0.15, 0.2) is 5.96 Å². The van der Waals surface area contributed by atoms with Gasteiger partial charge in [0.1, 0.15) is 5.76 Å². The fraction of sp³-hybridized carbons (Fsp3) is 0.450. The fourth-order valence-corrected chi connectivity index (χ4v) is 2.36. The van der Waals surface area contributed by atoms with Gasteiger partial charge >= 0.3 is 0 Å². The van der Waals surface area contributed by atoms with E-state index in [9.17, 15) is 4.79 Å². The highest BCUT2D eigenvalue weighted by Gasteiger charge is 2.19. The van der Waals surface area contributed by atoms with Gasteiger partial charge in [-0.05, 0) is 19.1 Å². The fourth-order valence-electron chi connectivity index (χ4n) is 2.36. The number of guanidine groups is 1. The van der Waals surface area contributed by atoms with Crippen molar-refractivity contribution in [3.05, 3.63) is 53.2 Å². The number of nitrogens with one attached hydrogen (secondary N) is 3. The number of aromatic nitrogens is 1. The van der Waals surface area contributed by atoms with E-state index in [-0.39, 0.29) is 35.3 Å². The Morgan fingerprint density at radius 1 is 1.18 bits per heavy atom. The first kappa shape index (κ1) is 23.9. The zero-order valence-corrected chi connectivity index (χ0v) is 19.5. The molecule has 0 unspecified atom stereocenters. The van der Waals surface area contributed by atoms with Crippen LogP contribution in [-0.2, 0) is 12.0 Å². The standard InChI is InChI=1S/C20H29N5O2.HI/c1-14-7-6-8-15(11-14)18(26)22-9-10-23-19(21-5)25-13-17-24-12-16(27-17)20(2,3)4;/h6-8,11-12H,9-10,13H2,1-5H3,(H,22,26)(H2,21,23,25);1H. The third-order valence-electron chi connectivity index (χ3n) is 3.91. The van der Waals surface area contributed by atoms with E-state index in [0.29, 0.717) is 37.0 Å². The van der Waals surface area contributed by atoms with Crippen LogP contribution in [0.5, 0.6) is 0 Å². The van der Waals surface area contributed by atoms with E-state index in [1.54, 1.807) is 19.3 Å². The van der Waals surface area contributed by atoms with Crippen molar-refractivity contribution in [3.63, 3.8) is 0 Å². The minimum absolute atomic E-state index is 0. The average Bonchev–Trinajstić information content (AvgIpc) is 3.10. The van der Waals surface area contributed by atoms with Crippen molar-refractivity contribution in [2.45, 2.75) is 39.7 Å². The topological polar surface area (TPSA) is 91.5 Å². The van der Waals surface area contributed by atoms with Gasteiger partial charge in [-0.3, -0.25) is 9.79 Å². The van der Waals surface area contributed by atoms with Gasteiger partial charge in [-0.2, -0.15) is 0 Å². The van der Waals surface area contributed by atoms with Crippen molar-refractivity contribution in [1.82, 2.24) is 20.9 Å². The molecule has 2 aromatic rings. The molecular weight excluding hydrogens is 469 g/mol. The summed E-state index contributed by atoms with van der Waals surface area (Å²) in [6.07, 6.45) is 1.76. The van der Waals surface area contributed by atoms with Crippen LogP contribution in [0.2, 0.25) is 0 Å². The highest BCUT2D eigenvalue weighted by Crippen LogP contribution is 2.22. The Morgan fingerprint density at radius 3 is 2.50 bits per heavy atom. The zero-order chi connectivity index (χ0) is 19.9. The van der Waals surface area contributed by atoms with E-state index in [2.05, 4.69) is 46.7 Å². The number of amides is 1. The summed E-state index contributed by atoms with van der Waals surface area (Å²) in [6, 6.07) is 7.51. The Kier molecular flexibility index (Phi) is 9.44. The molecule has 0 spiro atoms. The molecule has 8 heteroatoms. The van der Waals surface area contributed by atoms with E-state index in [1.165, 1.54) is 0 Å². The minimum atomic E-state index is -0.0852. The SMILES string of the molecule is CN=C(NCCNC(=O)c1cccc(C)c1)NCc1ncc(C(C)(C)C)o1.I. The Hall–Kier alpha value is -2.10. The van der Waals surface area contributed by atoms with Gasteiger partial charge in [0, 0.05) is 31.1 Å². The van der Waals surface area contributed by atoms with E-state index in [1.807, 2.05) is 25.1 Å². The lowest BCUT2D eigenvalue weighted by molar-refractivity contribution is 0.0954. The number of carbonyl (C=O) groups is 1. The minimum Gasteiger partial charge on any atom is -0.443 e. The molecule has 2 rings (SSSR count). The largest absolute Gasteiger partial charge is 0.443 e. The molecule has 0 fully saturated rings. The molecule has 1 amide bonds. The van der Waals surface area contributed by atoms with Gasteiger partial charge < -0.3 is 20.4 Å². The van der Waals surface area contributed by atoms with E-state index in [0.717, 1.165) is 11.3 Å². The predicted molar refractivity (Wildman–Crippen MR) is 122 cm³/mol. The van der Waals surface area contributed by atoms with E-state index >= 15 is 0 Å². The third-order valence-corrected chi connectivity index (χ3v) is 3.91. The Labute approximate surface area is 183 Å². The van der Waals surface area contributed by atoms with Crippen molar-refractivity contribution in [3.8, 4) is 0 Å². The van der Waals surface area contributed by atoms with Crippen LogP contribution in [0.3, 0.4) is 0 Å². The number of halogens is 1. The summed E-state index contributed by atoms with van der Waals surface area (Å²) in [5.41, 5.74) is 1.66. The highest BCUT2D eigenvalue weighted by atomic mass is 127. The molecule has 0 aliphatic carbocycles. The number of rotatable bonds is 6. The quantitative estimate of drug-likeness (QED) is 0.246. The smallest absolute Gasteiger partial charge is 0.251 e. The lowest BCUT2D eigenvalue weighted by Gasteiger charge is -2.13. The van der Waals surface area contributed by atoms with Crippen LogP contribution in [0, 0.1) is 6.92 Å². The summed E-state index contributed by atoms with van der Waals surface area (Å²) in [6.45, 7) is 9.68. The van der Waals surface area contributed by atoms with Crippen LogP contribution < -0.4 is 16.0 Å². The van der Waals surface area contributed by atoms with Gasteiger partial charge in [-0.25, -0.2) is 4.98 Å². The first-order chi connectivity index (χ1) is 12.8. The monoisotopic (exact) mass is 499 g/mol. The van der Waals surface area contributed by atoms with E-state index in [4.69, 9.17) is 4.42 Å². The molecule has 154 valence electrons. The molecular formula is C20H30IN5O2. The molecule has 0 atom stereocenters. The van der Waals surface area contributed by atoms with Crippen molar-refractivity contribution in [2.75, 3.05) is 20.1 Å². The van der Waals surface area contributed by atoms with Gasteiger partial charge in [-0.15, -0.1) is 24.0 Å². The Bertz CT molecular complexity index is 796. The lowest BCUT2D eigenvalue weighted by Crippen LogP contribution is -2.41. The van der Waals surface area contributed by atoms with Crippen LogP contribution in [0.15, 0.2) is 39.9 Å². The molecule has 0 radical (unpaired) electrons. The summed E-state index contributed by atoms with van der Waals surface area (Å²) in [4.78, 5) is 20.5.